The standard InChI is InChI=1S/C13H15NO3S/c1-13(16,9-15)8-11-2-4-12(5-3-11)17-7-6-14-10-18/h2-5,9,16H,6-8H2,1H3. The monoisotopic (exact) mass is 265 g/mol. The van der Waals surface area contributed by atoms with Gasteiger partial charge in [-0.15, -0.1) is 0 Å². The van der Waals surface area contributed by atoms with E-state index in [4.69, 9.17) is 4.74 Å². The van der Waals surface area contributed by atoms with E-state index in [1.807, 2.05) is 12.1 Å². The molecule has 0 spiro atoms. The van der Waals surface area contributed by atoms with Crippen LogP contribution in [-0.4, -0.2) is 35.3 Å². The highest BCUT2D eigenvalue weighted by atomic mass is 32.1. The van der Waals surface area contributed by atoms with Gasteiger partial charge in [0.05, 0.1) is 11.7 Å². The van der Waals surface area contributed by atoms with E-state index in [9.17, 15) is 9.90 Å². The molecule has 0 fully saturated rings. The molecule has 1 aromatic carbocycles. The molecule has 5 heteroatoms. The van der Waals surface area contributed by atoms with Crippen molar-refractivity contribution in [2.75, 3.05) is 13.2 Å². The van der Waals surface area contributed by atoms with E-state index < -0.39 is 5.60 Å². The van der Waals surface area contributed by atoms with E-state index in [-0.39, 0.29) is 6.42 Å². The van der Waals surface area contributed by atoms with Crippen molar-refractivity contribution in [1.29, 1.82) is 0 Å². The molecule has 1 aromatic rings. The number of nitrogens with zero attached hydrogens (tertiary/aromatic N) is 1. The zero-order valence-corrected chi connectivity index (χ0v) is 10.9. The lowest BCUT2D eigenvalue weighted by molar-refractivity contribution is -0.122. The number of aliphatic hydroxyl groups is 1. The van der Waals surface area contributed by atoms with Crippen molar-refractivity contribution in [3.63, 3.8) is 0 Å². The Hall–Kier alpha value is -1.55. The third-order valence-corrected chi connectivity index (χ3v) is 2.40. The highest BCUT2D eigenvalue weighted by Crippen LogP contribution is 2.16. The number of aldehydes is 1. The number of carbonyl (C=O) groups excluding carboxylic acids is 1. The Morgan fingerprint density at radius 1 is 1.50 bits per heavy atom. The first-order valence-electron chi connectivity index (χ1n) is 5.51. The van der Waals surface area contributed by atoms with Gasteiger partial charge in [0.1, 0.15) is 18.0 Å². The van der Waals surface area contributed by atoms with Gasteiger partial charge in [-0.1, -0.05) is 12.1 Å². The molecule has 1 rings (SSSR count). The molecular weight excluding hydrogens is 250 g/mol. The Bertz CT molecular complexity index is 436. The maximum atomic E-state index is 10.6. The number of rotatable bonds is 7. The molecule has 1 unspecified atom stereocenters. The van der Waals surface area contributed by atoms with Crippen LogP contribution in [0.1, 0.15) is 12.5 Å². The van der Waals surface area contributed by atoms with Crippen LogP contribution in [-0.2, 0) is 11.2 Å². The van der Waals surface area contributed by atoms with Crippen molar-refractivity contribution in [3.05, 3.63) is 29.8 Å². The summed E-state index contributed by atoms with van der Waals surface area (Å²) >= 11 is 4.44. The first kappa shape index (κ1) is 14.5. The molecule has 0 aromatic heterocycles. The predicted molar refractivity (Wildman–Crippen MR) is 72.2 cm³/mol. The highest BCUT2D eigenvalue weighted by Gasteiger charge is 2.19. The molecule has 0 aliphatic heterocycles. The lowest BCUT2D eigenvalue weighted by Gasteiger charge is -2.15. The second kappa shape index (κ2) is 7.01. The van der Waals surface area contributed by atoms with Crippen molar-refractivity contribution in [2.45, 2.75) is 18.9 Å². The molecule has 18 heavy (non-hydrogen) atoms. The smallest absolute Gasteiger partial charge is 0.151 e. The van der Waals surface area contributed by atoms with E-state index in [0.29, 0.717) is 25.2 Å². The number of benzene rings is 1. The molecule has 0 amide bonds. The van der Waals surface area contributed by atoms with Crippen molar-refractivity contribution in [2.24, 2.45) is 4.99 Å². The topological polar surface area (TPSA) is 58.9 Å². The van der Waals surface area contributed by atoms with Crippen LogP contribution in [0.2, 0.25) is 0 Å². The summed E-state index contributed by atoms with van der Waals surface area (Å²) in [7, 11) is 0. The number of carbonyl (C=O) groups is 1. The van der Waals surface area contributed by atoms with Gasteiger partial charge >= 0.3 is 0 Å². The molecular formula is C13H15NO3S. The summed E-state index contributed by atoms with van der Waals surface area (Å²) in [4.78, 5) is 14.3. The van der Waals surface area contributed by atoms with E-state index in [0.717, 1.165) is 5.56 Å². The first-order chi connectivity index (χ1) is 8.57. The average molecular weight is 265 g/mol. The SMILES string of the molecule is CC(O)(C=O)Cc1ccc(OCCN=C=S)cc1. The largest absolute Gasteiger partial charge is 0.492 e. The van der Waals surface area contributed by atoms with Crippen molar-refractivity contribution >= 4 is 23.7 Å². The first-order valence-corrected chi connectivity index (χ1v) is 5.92. The summed E-state index contributed by atoms with van der Waals surface area (Å²) in [5.41, 5.74) is -0.451. The quantitative estimate of drug-likeness (QED) is 0.352. The van der Waals surface area contributed by atoms with Gasteiger partial charge in [-0.05, 0) is 36.8 Å². The van der Waals surface area contributed by atoms with Gasteiger partial charge in [0, 0.05) is 6.42 Å². The fourth-order valence-corrected chi connectivity index (χ4v) is 1.50. The number of hydrogen-bond donors (Lipinski definition) is 1. The maximum Gasteiger partial charge on any atom is 0.151 e. The van der Waals surface area contributed by atoms with Gasteiger partial charge in [-0.2, -0.15) is 0 Å². The van der Waals surface area contributed by atoms with Gasteiger partial charge < -0.3 is 14.6 Å². The van der Waals surface area contributed by atoms with Crippen LogP contribution in [0.25, 0.3) is 0 Å². The van der Waals surface area contributed by atoms with E-state index in [2.05, 4.69) is 22.4 Å². The summed E-state index contributed by atoms with van der Waals surface area (Å²) < 4.78 is 5.41. The normalized spacial score (nSPS) is 13.2. The van der Waals surface area contributed by atoms with Crippen LogP contribution in [0.5, 0.6) is 5.75 Å². The number of isothiocyanates is 1. The second-order valence-electron chi connectivity index (χ2n) is 4.12. The van der Waals surface area contributed by atoms with Crippen LogP contribution in [0.3, 0.4) is 0 Å². The summed E-state index contributed by atoms with van der Waals surface area (Å²) in [5, 5.41) is 11.9. The molecule has 0 heterocycles. The number of aliphatic imine (C=N–C) groups is 1. The molecule has 0 aliphatic carbocycles. The Morgan fingerprint density at radius 2 is 2.17 bits per heavy atom. The Morgan fingerprint density at radius 3 is 2.72 bits per heavy atom. The van der Waals surface area contributed by atoms with E-state index in [1.54, 1.807) is 12.1 Å². The lowest BCUT2D eigenvalue weighted by Crippen LogP contribution is -2.28. The molecule has 1 N–H and O–H groups in total. The second-order valence-corrected chi connectivity index (χ2v) is 4.30. The van der Waals surface area contributed by atoms with Crippen LogP contribution < -0.4 is 4.74 Å². The lowest BCUT2D eigenvalue weighted by atomic mass is 9.98. The summed E-state index contributed by atoms with van der Waals surface area (Å²) in [5.74, 6) is 0.712. The van der Waals surface area contributed by atoms with Crippen molar-refractivity contribution in [3.8, 4) is 5.75 Å². The fraction of sp³-hybridized carbons (Fsp3) is 0.385. The molecule has 96 valence electrons. The third-order valence-electron chi connectivity index (χ3n) is 2.28. The molecule has 1 atom stereocenters. The predicted octanol–water partition coefficient (Wildman–Crippen LogP) is 1.66. The summed E-state index contributed by atoms with van der Waals surface area (Å²) in [6.45, 7) is 2.40. The molecule has 0 radical (unpaired) electrons. The molecule has 0 saturated carbocycles. The number of hydrogen-bond acceptors (Lipinski definition) is 5. The zero-order valence-electron chi connectivity index (χ0n) is 10.1. The van der Waals surface area contributed by atoms with Crippen LogP contribution >= 0.6 is 12.2 Å². The van der Waals surface area contributed by atoms with E-state index in [1.165, 1.54) is 6.92 Å². The third kappa shape index (κ3) is 5.19. The van der Waals surface area contributed by atoms with Crippen molar-refractivity contribution in [1.82, 2.24) is 0 Å². The summed E-state index contributed by atoms with van der Waals surface area (Å²) in [6, 6.07) is 7.21. The number of ether oxygens (including phenoxy) is 1. The molecule has 0 bridgehead atoms. The Kier molecular flexibility index (Phi) is 5.65. The fourth-order valence-electron chi connectivity index (χ4n) is 1.41. The molecule has 4 nitrogen and oxygen atoms in total. The maximum absolute atomic E-state index is 10.6. The zero-order chi connectivity index (χ0) is 13.4. The average Bonchev–Trinajstić information content (AvgIpc) is 2.36. The van der Waals surface area contributed by atoms with Crippen LogP contribution in [0, 0.1) is 0 Å². The van der Waals surface area contributed by atoms with Gasteiger partial charge in [0.15, 0.2) is 6.29 Å². The minimum absolute atomic E-state index is 0.284. The van der Waals surface area contributed by atoms with E-state index >= 15 is 0 Å². The van der Waals surface area contributed by atoms with Gasteiger partial charge in [0.2, 0.25) is 0 Å². The Balaban J connectivity index is 2.52. The Labute approximate surface area is 111 Å². The highest BCUT2D eigenvalue weighted by molar-refractivity contribution is 7.78. The van der Waals surface area contributed by atoms with Gasteiger partial charge in [-0.3, -0.25) is 0 Å². The number of thiocarbonyl (C=S) groups is 1. The van der Waals surface area contributed by atoms with Crippen LogP contribution in [0.15, 0.2) is 29.3 Å². The van der Waals surface area contributed by atoms with Gasteiger partial charge in [0.25, 0.3) is 0 Å². The minimum Gasteiger partial charge on any atom is -0.492 e. The minimum atomic E-state index is -1.32. The van der Waals surface area contributed by atoms with Crippen molar-refractivity contribution < 1.29 is 14.6 Å². The molecule has 0 saturated heterocycles. The summed E-state index contributed by atoms with van der Waals surface area (Å²) in [6.07, 6.45) is 0.826. The van der Waals surface area contributed by atoms with Crippen LogP contribution in [0.4, 0.5) is 0 Å². The van der Waals surface area contributed by atoms with Gasteiger partial charge in [-0.25, -0.2) is 4.99 Å². The molecule has 0 aliphatic rings.